The summed E-state index contributed by atoms with van der Waals surface area (Å²) in [4.78, 5) is 5.22. The van der Waals surface area contributed by atoms with Crippen LogP contribution < -0.4 is 10.5 Å². The molecule has 1 rings (SSSR count). The number of sulfonamides is 1. The predicted octanol–water partition coefficient (Wildman–Crippen LogP) is 0.0935. The molecule has 1 heterocycles. The van der Waals surface area contributed by atoms with E-state index in [0.29, 0.717) is 25.3 Å². The Kier molecular flexibility index (Phi) is 5.80. The number of H-pyrrole nitrogens is 1. The fraction of sp³-hybridized carbons (Fsp3) is 0.636. The van der Waals surface area contributed by atoms with Gasteiger partial charge in [0.15, 0.2) is 0 Å². The van der Waals surface area contributed by atoms with Crippen molar-refractivity contribution < 1.29 is 8.42 Å². The topological polar surface area (TPSA) is 91.2 Å². The molecule has 0 aliphatic carbocycles. The van der Waals surface area contributed by atoms with Crippen molar-refractivity contribution in [3.63, 3.8) is 0 Å². The number of nitrogens with zero attached hydrogens (tertiary/aromatic N) is 1. The molecular formula is C11H22N4O2S. The maximum atomic E-state index is 11.9. The number of nitrogens with one attached hydrogen (secondary N) is 2. The molecule has 0 aliphatic rings. The summed E-state index contributed by atoms with van der Waals surface area (Å²) in [5.74, 6) is 0. The van der Waals surface area contributed by atoms with E-state index in [1.54, 1.807) is 6.07 Å². The monoisotopic (exact) mass is 274 g/mol. The van der Waals surface area contributed by atoms with Crippen molar-refractivity contribution in [2.45, 2.75) is 25.3 Å². The van der Waals surface area contributed by atoms with Crippen LogP contribution in [-0.4, -0.2) is 44.5 Å². The Morgan fingerprint density at radius 1 is 1.39 bits per heavy atom. The highest BCUT2D eigenvalue weighted by atomic mass is 32.2. The number of aromatic nitrogens is 1. The molecule has 18 heavy (non-hydrogen) atoms. The molecule has 0 fully saturated rings. The van der Waals surface area contributed by atoms with Gasteiger partial charge in [-0.1, -0.05) is 13.8 Å². The maximum absolute atomic E-state index is 11.9. The zero-order valence-corrected chi connectivity index (χ0v) is 11.8. The molecule has 1 aromatic rings. The Bertz CT molecular complexity index is 451. The maximum Gasteiger partial charge on any atom is 0.242 e. The highest BCUT2D eigenvalue weighted by Crippen LogP contribution is 2.09. The van der Waals surface area contributed by atoms with Gasteiger partial charge in [0.25, 0.3) is 0 Å². The molecule has 0 aromatic carbocycles. The highest BCUT2D eigenvalue weighted by molar-refractivity contribution is 7.89. The summed E-state index contributed by atoms with van der Waals surface area (Å²) < 4.78 is 26.4. The molecule has 6 nitrogen and oxygen atoms in total. The third-order valence-electron chi connectivity index (χ3n) is 2.86. The average molecular weight is 274 g/mol. The van der Waals surface area contributed by atoms with Crippen LogP contribution in [-0.2, 0) is 16.6 Å². The standard InChI is InChI=1S/C11H22N4O2S/c1-3-15(4-2)6-5-14-18(16,17)11-7-10(8-12)13-9-11/h7,9,13-14H,3-6,8,12H2,1-2H3. The lowest BCUT2D eigenvalue weighted by Gasteiger charge is -2.17. The number of nitrogens with two attached hydrogens (primary N) is 1. The number of hydrogen-bond acceptors (Lipinski definition) is 4. The summed E-state index contributed by atoms with van der Waals surface area (Å²) >= 11 is 0. The van der Waals surface area contributed by atoms with E-state index >= 15 is 0 Å². The van der Waals surface area contributed by atoms with Gasteiger partial charge in [-0.15, -0.1) is 0 Å². The Morgan fingerprint density at radius 3 is 2.56 bits per heavy atom. The minimum absolute atomic E-state index is 0.238. The summed E-state index contributed by atoms with van der Waals surface area (Å²) in [7, 11) is -3.43. The van der Waals surface area contributed by atoms with E-state index in [2.05, 4.69) is 28.5 Å². The van der Waals surface area contributed by atoms with E-state index in [1.807, 2.05) is 0 Å². The molecule has 4 N–H and O–H groups in total. The predicted molar refractivity (Wildman–Crippen MR) is 71.7 cm³/mol. The molecule has 0 saturated heterocycles. The van der Waals surface area contributed by atoms with Gasteiger partial charge in [0.05, 0.1) is 4.90 Å². The Labute approximate surface area is 109 Å². The molecule has 0 saturated carbocycles. The first-order valence-electron chi connectivity index (χ1n) is 6.12. The molecule has 1 aromatic heterocycles. The lowest BCUT2D eigenvalue weighted by atomic mass is 10.4. The van der Waals surface area contributed by atoms with Gasteiger partial charge in [-0.05, 0) is 19.2 Å². The van der Waals surface area contributed by atoms with Crippen LogP contribution in [0.15, 0.2) is 17.2 Å². The van der Waals surface area contributed by atoms with Crippen molar-refractivity contribution in [2.24, 2.45) is 5.73 Å². The van der Waals surface area contributed by atoms with Crippen molar-refractivity contribution in [1.82, 2.24) is 14.6 Å². The van der Waals surface area contributed by atoms with Crippen molar-refractivity contribution in [3.8, 4) is 0 Å². The number of rotatable bonds is 8. The Morgan fingerprint density at radius 2 is 2.06 bits per heavy atom. The van der Waals surface area contributed by atoms with Crippen LogP contribution in [0.5, 0.6) is 0 Å². The second kappa shape index (κ2) is 6.89. The Hall–Kier alpha value is -0.890. The fourth-order valence-electron chi connectivity index (χ4n) is 1.65. The van der Waals surface area contributed by atoms with Crippen molar-refractivity contribution in [2.75, 3.05) is 26.2 Å². The van der Waals surface area contributed by atoms with Gasteiger partial charge in [0.1, 0.15) is 0 Å². The van der Waals surface area contributed by atoms with Crippen LogP contribution >= 0.6 is 0 Å². The summed E-state index contributed by atoms with van der Waals surface area (Å²) in [6.45, 7) is 7.36. The fourth-order valence-corrected chi connectivity index (χ4v) is 2.69. The third kappa shape index (κ3) is 4.09. The van der Waals surface area contributed by atoms with Crippen LogP contribution in [0.4, 0.5) is 0 Å². The number of likely N-dealkylation sites (N-methyl/N-ethyl adjacent to an activating group) is 1. The van der Waals surface area contributed by atoms with Crippen LogP contribution in [0, 0.1) is 0 Å². The molecule has 0 amide bonds. The van der Waals surface area contributed by atoms with E-state index in [1.165, 1.54) is 6.20 Å². The van der Waals surface area contributed by atoms with E-state index in [9.17, 15) is 8.42 Å². The SMILES string of the molecule is CCN(CC)CCNS(=O)(=O)c1c[nH]c(CN)c1. The quantitative estimate of drug-likeness (QED) is 0.627. The van der Waals surface area contributed by atoms with Crippen molar-refractivity contribution in [3.05, 3.63) is 18.0 Å². The molecule has 0 radical (unpaired) electrons. The van der Waals surface area contributed by atoms with E-state index in [4.69, 9.17) is 5.73 Å². The number of hydrogen-bond donors (Lipinski definition) is 3. The summed E-state index contributed by atoms with van der Waals surface area (Å²) in [5.41, 5.74) is 6.14. The van der Waals surface area contributed by atoms with Crippen LogP contribution in [0.3, 0.4) is 0 Å². The van der Waals surface area contributed by atoms with Gasteiger partial charge in [-0.2, -0.15) is 0 Å². The largest absolute Gasteiger partial charge is 0.363 e. The molecular weight excluding hydrogens is 252 g/mol. The Balaban J connectivity index is 2.54. The molecule has 104 valence electrons. The normalized spacial score (nSPS) is 12.2. The molecule has 0 aliphatic heterocycles. The van der Waals surface area contributed by atoms with Gasteiger partial charge in [-0.25, -0.2) is 13.1 Å². The summed E-state index contributed by atoms with van der Waals surface area (Å²) in [6.07, 6.45) is 1.46. The van der Waals surface area contributed by atoms with Crippen LogP contribution in [0.2, 0.25) is 0 Å². The first-order chi connectivity index (χ1) is 8.53. The van der Waals surface area contributed by atoms with E-state index in [0.717, 1.165) is 13.1 Å². The minimum atomic E-state index is -3.43. The van der Waals surface area contributed by atoms with Gasteiger partial charge < -0.3 is 15.6 Å². The second-order valence-corrected chi connectivity index (χ2v) is 5.76. The zero-order chi connectivity index (χ0) is 13.6. The molecule has 7 heteroatoms. The van der Waals surface area contributed by atoms with E-state index < -0.39 is 10.0 Å². The van der Waals surface area contributed by atoms with Crippen LogP contribution in [0.25, 0.3) is 0 Å². The van der Waals surface area contributed by atoms with Crippen molar-refractivity contribution >= 4 is 10.0 Å². The summed E-state index contributed by atoms with van der Waals surface area (Å²) in [5, 5.41) is 0. The minimum Gasteiger partial charge on any atom is -0.363 e. The highest BCUT2D eigenvalue weighted by Gasteiger charge is 2.15. The van der Waals surface area contributed by atoms with Crippen LogP contribution in [0.1, 0.15) is 19.5 Å². The second-order valence-electron chi connectivity index (χ2n) is 3.99. The number of aromatic amines is 1. The van der Waals surface area contributed by atoms with E-state index in [-0.39, 0.29) is 4.90 Å². The van der Waals surface area contributed by atoms with Gasteiger partial charge >= 0.3 is 0 Å². The van der Waals surface area contributed by atoms with Gasteiger partial charge in [0.2, 0.25) is 10.0 Å². The molecule has 0 atom stereocenters. The zero-order valence-electron chi connectivity index (χ0n) is 10.9. The third-order valence-corrected chi connectivity index (χ3v) is 4.30. The lowest BCUT2D eigenvalue weighted by Crippen LogP contribution is -2.34. The lowest BCUT2D eigenvalue weighted by molar-refractivity contribution is 0.309. The molecule has 0 bridgehead atoms. The van der Waals surface area contributed by atoms with Gasteiger partial charge in [-0.3, -0.25) is 0 Å². The molecule has 0 unspecified atom stereocenters. The first-order valence-corrected chi connectivity index (χ1v) is 7.61. The molecule has 0 spiro atoms. The summed E-state index contributed by atoms with van der Waals surface area (Å²) in [6, 6.07) is 1.56. The smallest absolute Gasteiger partial charge is 0.242 e. The first kappa shape index (κ1) is 15.2. The average Bonchev–Trinajstić information content (AvgIpc) is 2.84. The van der Waals surface area contributed by atoms with Crippen molar-refractivity contribution in [1.29, 1.82) is 0 Å². The van der Waals surface area contributed by atoms with Gasteiger partial charge in [0, 0.05) is 31.5 Å².